The molecule has 1 aliphatic rings. The molecule has 2 atom stereocenters. The van der Waals surface area contributed by atoms with Gasteiger partial charge >= 0.3 is 0 Å². The number of aliphatic hydroxyl groups excluding tert-OH is 1. The van der Waals surface area contributed by atoms with Crippen LogP contribution in [-0.4, -0.2) is 29.8 Å². The highest BCUT2D eigenvalue weighted by Crippen LogP contribution is 2.18. The molecule has 1 aromatic rings. The van der Waals surface area contributed by atoms with Crippen molar-refractivity contribution in [3.05, 3.63) is 29.8 Å². The van der Waals surface area contributed by atoms with Crippen LogP contribution in [0.2, 0.25) is 0 Å². The molecule has 20 heavy (non-hydrogen) atoms. The second kappa shape index (κ2) is 7.29. The van der Waals surface area contributed by atoms with Crippen molar-refractivity contribution < 1.29 is 14.6 Å². The van der Waals surface area contributed by atoms with Crippen LogP contribution in [0.3, 0.4) is 0 Å². The highest BCUT2D eigenvalue weighted by Gasteiger charge is 2.23. The fourth-order valence-corrected chi connectivity index (χ4v) is 2.57. The van der Waals surface area contributed by atoms with Crippen molar-refractivity contribution in [2.75, 3.05) is 6.61 Å². The van der Waals surface area contributed by atoms with E-state index in [9.17, 15) is 9.90 Å². The summed E-state index contributed by atoms with van der Waals surface area (Å²) in [5.41, 5.74) is 1.01. The molecular weight excluding hydrogens is 254 g/mol. The van der Waals surface area contributed by atoms with Crippen LogP contribution in [-0.2, 0) is 4.79 Å². The lowest BCUT2D eigenvalue weighted by Crippen LogP contribution is -2.44. The molecule has 2 unspecified atom stereocenters. The Balaban J connectivity index is 1.81. The number of rotatable bonds is 4. The summed E-state index contributed by atoms with van der Waals surface area (Å²) in [6.07, 6.45) is 4.40. The van der Waals surface area contributed by atoms with E-state index in [0.717, 1.165) is 43.4 Å². The first kappa shape index (κ1) is 14.9. The summed E-state index contributed by atoms with van der Waals surface area (Å²) in [4.78, 5) is 11.9. The predicted molar refractivity (Wildman–Crippen MR) is 77.7 cm³/mol. The Morgan fingerprint density at radius 1 is 1.30 bits per heavy atom. The number of hydrogen-bond acceptors (Lipinski definition) is 3. The number of hydrogen-bond donors (Lipinski definition) is 2. The van der Waals surface area contributed by atoms with Crippen LogP contribution in [0.15, 0.2) is 24.3 Å². The number of amides is 1. The summed E-state index contributed by atoms with van der Waals surface area (Å²) in [7, 11) is 0. The molecule has 4 heteroatoms. The van der Waals surface area contributed by atoms with Gasteiger partial charge in [-0.25, -0.2) is 0 Å². The van der Waals surface area contributed by atoms with Crippen LogP contribution in [0.5, 0.6) is 5.75 Å². The molecular formula is C16H23NO3. The second-order valence-electron chi connectivity index (χ2n) is 5.43. The zero-order valence-corrected chi connectivity index (χ0v) is 12.0. The smallest absolute Gasteiger partial charge is 0.258 e. The molecule has 0 aromatic heterocycles. The number of aryl methyl sites for hydroxylation is 1. The maximum atomic E-state index is 11.9. The van der Waals surface area contributed by atoms with Crippen molar-refractivity contribution in [3.8, 4) is 5.75 Å². The number of para-hydroxylation sites is 1. The number of carbonyl (C=O) groups is 1. The number of benzene rings is 1. The van der Waals surface area contributed by atoms with Crippen molar-refractivity contribution >= 4 is 5.91 Å². The van der Waals surface area contributed by atoms with E-state index in [0.29, 0.717) is 0 Å². The van der Waals surface area contributed by atoms with Gasteiger partial charge in [-0.1, -0.05) is 37.5 Å². The monoisotopic (exact) mass is 277 g/mol. The Hall–Kier alpha value is -1.55. The van der Waals surface area contributed by atoms with Crippen LogP contribution in [0.4, 0.5) is 0 Å². The molecule has 1 fully saturated rings. The highest BCUT2D eigenvalue weighted by molar-refractivity contribution is 5.78. The first-order chi connectivity index (χ1) is 9.66. The highest BCUT2D eigenvalue weighted by atomic mass is 16.5. The van der Waals surface area contributed by atoms with E-state index in [2.05, 4.69) is 5.32 Å². The van der Waals surface area contributed by atoms with Crippen molar-refractivity contribution in [1.82, 2.24) is 5.32 Å². The second-order valence-corrected chi connectivity index (χ2v) is 5.43. The quantitative estimate of drug-likeness (QED) is 0.829. The fourth-order valence-electron chi connectivity index (χ4n) is 2.57. The lowest BCUT2D eigenvalue weighted by atomic mass is 10.1. The molecule has 2 N–H and O–H groups in total. The zero-order valence-electron chi connectivity index (χ0n) is 12.0. The lowest BCUT2D eigenvalue weighted by molar-refractivity contribution is -0.124. The number of ether oxygens (including phenoxy) is 1. The van der Waals surface area contributed by atoms with E-state index < -0.39 is 6.10 Å². The molecule has 0 heterocycles. The summed E-state index contributed by atoms with van der Waals surface area (Å²) in [6, 6.07) is 7.48. The standard InChI is InChI=1S/C16H23NO3/c1-12-7-5-6-10-15(12)20-11-16(19)17-13-8-3-2-4-9-14(13)18/h5-7,10,13-14,18H,2-4,8-9,11H2,1H3,(H,17,19). The first-order valence-electron chi connectivity index (χ1n) is 7.32. The molecule has 110 valence electrons. The van der Waals surface area contributed by atoms with Gasteiger partial charge in [0, 0.05) is 0 Å². The minimum Gasteiger partial charge on any atom is -0.484 e. The van der Waals surface area contributed by atoms with Crippen LogP contribution >= 0.6 is 0 Å². The van der Waals surface area contributed by atoms with Gasteiger partial charge in [0.15, 0.2) is 6.61 Å². The van der Waals surface area contributed by atoms with Crippen molar-refractivity contribution in [3.63, 3.8) is 0 Å². The summed E-state index contributed by atoms with van der Waals surface area (Å²) in [6.45, 7) is 1.94. The molecule has 1 aromatic carbocycles. The molecule has 0 saturated heterocycles. The van der Waals surface area contributed by atoms with E-state index in [-0.39, 0.29) is 18.6 Å². The van der Waals surface area contributed by atoms with Gasteiger partial charge in [-0.2, -0.15) is 0 Å². The van der Waals surface area contributed by atoms with Crippen LogP contribution in [0.1, 0.15) is 37.7 Å². The molecule has 1 aliphatic carbocycles. The van der Waals surface area contributed by atoms with Crippen molar-refractivity contribution in [2.45, 2.75) is 51.2 Å². The van der Waals surface area contributed by atoms with Gasteiger partial charge in [-0.3, -0.25) is 4.79 Å². The Labute approximate surface area is 120 Å². The Morgan fingerprint density at radius 3 is 2.85 bits per heavy atom. The van der Waals surface area contributed by atoms with E-state index >= 15 is 0 Å². The molecule has 0 bridgehead atoms. The molecule has 2 rings (SSSR count). The average Bonchev–Trinajstić information content (AvgIpc) is 2.63. The van der Waals surface area contributed by atoms with Gasteiger partial charge in [0.25, 0.3) is 5.91 Å². The third-order valence-electron chi connectivity index (χ3n) is 3.78. The average molecular weight is 277 g/mol. The zero-order chi connectivity index (χ0) is 14.4. The summed E-state index contributed by atoms with van der Waals surface area (Å²) < 4.78 is 5.51. The molecule has 0 radical (unpaired) electrons. The van der Waals surface area contributed by atoms with Crippen LogP contribution in [0, 0.1) is 6.92 Å². The topological polar surface area (TPSA) is 58.6 Å². The van der Waals surface area contributed by atoms with E-state index in [1.165, 1.54) is 0 Å². The fraction of sp³-hybridized carbons (Fsp3) is 0.562. The lowest BCUT2D eigenvalue weighted by Gasteiger charge is -2.21. The normalized spacial score (nSPS) is 22.9. The molecule has 0 aliphatic heterocycles. The molecule has 1 saturated carbocycles. The SMILES string of the molecule is Cc1ccccc1OCC(=O)NC1CCCCCC1O. The molecule has 0 spiro atoms. The summed E-state index contributed by atoms with van der Waals surface area (Å²) >= 11 is 0. The number of aliphatic hydroxyl groups is 1. The van der Waals surface area contributed by atoms with Gasteiger partial charge in [0.05, 0.1) is 12.1 Å². The maximum absolute atomic E-state index is 11.9. The minimum absolute atomic E-state index is 0.00588. The Bertz CT molecular complexity index is 447. The number of carbonyl (C=O) groups excluding carboxylic acids is 1. The molecule has 1 amide bonds. The van der Waals surface area contributed by atoms with Crippen LogP contribution in [0.25, 0.3) is 0 Å². The maximum Gasteiger partial charge on any atom is 0.258 e. The van der Waals surface area contributed by atoms with Crippen LogP contribution < -0.4 is 10.1 Å². The van der Waals surface area contributed by atoms with Gasteiger partial charge in [-0.05, 0) is 31.4 Å². The predicted octanol–water partition coefficient (Wildman–Crippen LogP) is 2.18. The molecule has 4 nitrogen and oxygen atoms in total. The van der Waals surface area contributed by atoms with Crippen molar-refractivity contribution in [1.29, 1.82) is 0 Å². The van der Waals surface area contributed by atoms with Gasteiger partial charge in [0.2, 0.25) is 0 Å². The third kappa shape index (κ3) is 4.23. The van der Waals surface area contributed by atoms with Gasteiger partial charge < -0.3 is 15.2 Å². The van der Waals surface area contributed by atoms with E-state index in [1.807, 2.05) is 31.2 Å². The summed E-state index contributed by atoms with van der Waals surface area (Å²) in [5, 5.41) is 12.9. The Kier molecular flexibility index (Phi) is 5.41. The van der Waals surface area contributed by atoms with Gasteiger partial charge in [-0.15, -0.1) is 0 Å². The van der Waals surface area contributed by atoms with Gasteiger partial charge in [0.1, 0.15) is 5.75 Å². The Morgan fingerprint density at radius 2 is 2.05 bits per heavy atom. The summed E-state index contributed by atoms with van der Waals surface area (Å²) in [5.74, 6) is 0.559. The number of nitrogens with one attached hydrogen (secondary N) is 1. The minimum atomic E-state index is -0.431. The van der Waals surface area contributed by atoms with Crippen molar-refractivity contribution in [2.24, 2.45) is 0 Å². The third-order valence-corrected chi connectivity index (χ3v) is 3.78. The van der Waals surface area contributed by atoms with E-state index in [4.69, 9.17) is 4.74 Å². The largest absolute Gasteiger partial charge is 0.484 e. The first-order valence-corrected chi connectivity index (χ1v) is 7.32. The van der Waals surface area contributed by atoms with E-state index in [1.54, 1.807) is 0 Å².